The van der Waals surface area contributed by atoms with E-state index in [9.17, 15) is 0 Å². The van der Waals surface area contributed by atoms with E-state index in [1.807, 2.05) is 19.1 Å². The minimum absolute atomic E-state index is 0.0476. The van der Waals surface area contributed by atoms with Gasteiger partial charge in [0.25, 0.3) is 0 Å². The number of nitriles is 1. The molecule has 0 bridgehead atoms. The van der Waals surface area contributed by atoms with Crippen LogP contribution < -0.4 is 0 Å². The molecule has 0 aromatic heterocycles. The molecule has 1 aliphatic rings. The van der Waals surface area contributed by atoms with Crippen LogP contribution in [0.15, 0.2) is 28.7 Å². The number of ether oxygens (including phenoxy) is 1. The summed E-state index contributed by atoms with van der Waals surface area (Å²) < 4.78 is 6.83. The Morgan fingerprint density at radius 2 is 2.41 bits per heavy atom. The zero-order valence-electron chi connectivity index (χ0n) is 9.77. The smallest absolute Gasteiger partial charge is 0.0953 e. The fraction of sp³-hybridized carbons (Fsp3) is 0.462. The third-order valence-corrected chi connectivity index (χ3v) is 3.55. The zero-order valence-corrected chi connectivity index (χ0v) is 11.4. The molecule has 4 heteroatoms. The van der Waals surface area contributed by atoms with Crippen LogP contribution in [0.3, 0.4) is 0 Å². The summed E-state index contributed by atoms with van der Waals surface area (Å²) in [5, 5.41) is 8.95. The van der Waals surface area contributed by atoms with Crippen LogP contribution >= 0.6 is 15.9 Å². The van der Waals surface area contributed by atoms with E-state index in [0.717, 1.165) is 23.1 Å². The summed E-state index contributed by atoms with van der Waals surface area (Å²) in [6, 6.07) is 10.4. The van der Waals surface area contributed by atoms with Gasteiger partial charge >= 0.3 is 0 Å². The van der Waals surface area contributed by atoms with Gasteiger partial charge in [-0.25, -0.2) is 0 Å². The maximum atomic E-state index is 8.95. The van der Waals surface area contributed by atoms with Crippen LogP contribution in [0.1, 0.15) is 18.6 Å². The molecule has 0 amide bonds. The van der Waals surface area contributed by atoms with Crippen molar-refractivity contribution in [3.05, 3.63) is 34.3 Å². The van der Waals surface area contributed by atoms with Crippen molar-refractivity contribution in [2.75, 3.05) is 19.7 Å². The van der Waals surface area contributed by atoms with Crippen molar-refractivity contribution in [1.82, 2.24) is 4.90 Å². The number of morpholine rings is 1. The summed E-state index contributed by atoms with van der Waals surface area (Å²) >= 11 is 3.46. The quantitative estimate of drug-likeness (QED) is 0.841. The first-order valence-electron chi connectivity index (χ1n) is 5.71. The summed E-state index contributed by atoms with van der Waals surface area (Å²) in [5.41, 5.74) is 1.16. The second kappa shape index (κ2) is 5.63. The Bertz CT molecular complexity index is 430. The van der Waals surface area contributed by atoms with E-state index in [2.05, 4.69) is 39.0 Å². The fourth-order valence-corrected chi connectivity index (χ4v) is 2.43. The first-order valence-corrected chi connectivity index (χ1v) is 6.50. The molecule has 1 fully saturated rings. The summed E-state index contributed by atoms with van der Waals surface area (Å²) in [6.45, 7) is 4.23. The third kappa shape index (κ3) is 3.06. The lowest BCUT2D eigenvalue weighted by Crippen LogP contribution is -2.42. The van der Waals surface area contributed by atoms with Crippen molar-refractivity contribution in [1.29, 1.82) is 5.26 Å². The minimum Gasteiger partial charge on any atom is -0.371 e. The number of rotatable bonds is 2. The van der Waals surface area contributed by atoms with Gasteiger partial charge in [-0.2, -0.15) is 5.26 Å². The average Bonchev–Trinajstić information content (AvgIpc) is 2.38. The summed E-state index contributed by atoms with van der Waals surface area (Å²) in [4.78, 5) is 2.16. The molecule has 0 saturated carbocycles. The van der Waals surface area contributed by atoms with Crippen molar-refractivity contribution in [3.63, 3.8) is 0 Å². The lowest BCUT2D eigenvalue weighted by atomic mass is 10.1. The molecule has 0 aliphatic carbocycles. The second-order valence-electron chi connectivity index (χ2n) is 4.21. The molecule has 0 unspecified atom stereocenters. The highest BCUT2D eigenvalue weighted by Gasteiger charge is 2.25. The molecule has 90 valence electrons. The van der Waals surface area contributed by atoms with Crippen LogP contribution in [-0.4, -0.2) is 30.6 Å². The van der Waals surface area contributed by atoms with Gasteiger partial charge in [-0.1, -0.05) is 28.1 Å². The molecule has 1 aliphatic heterocycles. The lowest BCUT2D eigenvalue weighted by molar-refractivity contribution is -0.0359. The van der Waals surface area contributed by atoms with Crippen molar-refractivity contribution >= 4 is 15.9 Å². The standard InChI is InChI=1S/C13H15BrN2O/c1-10(8-15)16-5-6-17-13(9-16)11-3-2-4-12(14)7-11/h2-4,7,10,13H,5-6,9H2,1H3/t10-,13+/m1/s1. The van der Waals surface area contributed by atoms with Crippen LogP contribution in [0.2, 0.25) is 0 Å². The van der Waals surface area contributed by atoms with Gasteiger partial charge in [-0.3, -0.25) is 4.90 Å². The average molecular weight is 295 g/mol. The van der Waals surface area contributed by atoms with E-state index in [1.165, 1.54) is 0 Å². The number of benzene rings is 1. The third-order valence-electron chi connectivity index (χ3n) is 3.05. The van der Waals surface area contributed by atoms with E-state index in [-0.39, 0.29) is 12.1 Å². The molecule has 0 N–H and O–H groups in total. The van der Waals surface area contributed by atoms with E-state index in [4.69, 9.17) is 10.00 Å². The fourth-order valence-electron chi connectivity index (χ4n) is 2.01. The van der Waals surface area contributed by atoms with Crippen molar-refractivity contribution in [2.45, 2.75) is 19.1 Å². The molecular weight excluding hydrogens is 280 g/mol. The molecule has 1 aromatic carbocycles. The van der Waals surface area contributed by atoms with Crippen LogP contribution in [0.5, 0.6) is 0 Å². The van der Waals surface area contributed by atoms with Gasteiger partial charge in [-0.15, -0.1) is 0 Å². The van der Waals surface area contributed by atoms with Gasteiger partial charge in [-0.05, 0) is 24.6 Å². The molecule has 2 atom stereocenters. The molecule has 1 heterocycles. The van der Waals surface area contributed by atoms with E-state index in [1.54, 1.807) is 0 Å². The number of nitrogens with zero attached hydrogens (tertiary/aromatic N) is 2. The SMILES string of the molecule is C[C@H](C#N)N1CCO[C@H](c2cccc(Br)c2)C1. The van der Waals surface area contributed by atoms with Crippen LogP contribution in [0.25, 0.3) is 0 Å². The Kier molecular flexibility index (Phi) is 4.16. The molecule has 1 saturated heterocycles. The molecule has 1 aromatic rings. The van der Waals surface area contributed by atoms with Crippen LogP contribution in [0, 0.1) is 11.3 Å². The van der Waals surface area contributed by atoms with Gasteiger partial charge in [0.05, 0.1) is 24.8 Å². The van der Waals surface area contributed by atoms with Gasteiger partial charge in [0.15, 0.2) is 0 Å². The molecule has 0 spiro atoms. The number of halogens is 1. The van der Waals surface area contributed by atoms with Crippen LogP contribution in [-0.2, 0) is 4.74 Å². The van der Waals surface area contributed by atoms with Gasteiger partial charge in [0, 0.05) is 17.6 Å². The van der Waals surface area contributed by atoms with Gasteiger partial charge in [0.2, 0.25) is 0 Å². The Morgan fingerprint density at radius 3 is 3.12 bits per heavy atom. The molecular formula is C13H15BrN2O. The topological polar surface area (TPSA) is 36.3 Å². The molecule has 2 rings (SSSR count). The number of hydrogen-bond acceptors (Lipinski definition) is 3. The van der Waals surface area contributed by atoms with Crippen LogP contribution in [0.4, 0.5) is 0 Å². The first kappa shape index (κ1) is 12.6. The molecule has 0 radical (unpaired) electrons. The predicted octanol–water partition coefficient (Wildman–Crippen LogP) is 2.73. The summed E-state index contributed by atoms with van der Waals surface area (Å²) in [6.07, 6.45) is 0.0667. The molecule has 3 nitrogen and oxygen atoms in total. The largest absolute Gasteiger partial charge is 0.371 e. The van der Waals surface area contributed by atoms with Crippen molar-refractivity contribution < 1.29 is 4.74 Å². The summed E-state index contributed by atoms with van der Waals surface area (Å²) in [5.74, 6) is 0. The normalized spacial score (nSPS) is 23.0. The van der Waals surface area contributed by atoms with Gasteiger partial charge in [0.1, 0.15) is 0 Å². The maximum absolute atomic E-state index is 8.95. The Morgan fingerprint density at radius 1 is 1.59 bits per heavy atom. The number of hydrogen-bond donors (Lipinski definition) is 0. The predicted molar refractivity (Wildman–Crippen MR) is 69.5 cm³/mol. The monoisotopic (exact) mass is 294 g/mol. The van der Waals surface area contributed by atoms with E-state index >= 15 is 0 Å². The van der Waals surface area contributed by atoms with E-state index in [0.29, 0.717) is 6.61 Å². The Labute approximate surface area is 110 Å². The minimum atomic E-state index is -0.0476. The highest BCUT2D eigenvalue weighted by atomic mass is 79.9. The maximum Gasteiger partial charge on any atom is 0.0953 e. The molecule has 17 heavy (non-hydrogen) atoms. The van der Waals surface area contributed by atoms with Gasteiger partial charge < -0.3 is 4.74 Å². The Hall–Kier alpha value is -0.890. The first-order chi connectivity index (χ1) is 8.20. The zero-order chi connectivity index (χ0) is 12.3. The Balaban J connectivity index is 2.10. The lowest BCUT2D eigenvalue weighted by Gasteiger charge is -2.34. The van der Waals surface area contributed by atoms with E-state index < -0.39 is 0 Å². The highest BCUT2D eigenvalue weighted by molar-refractivity contribution is 9.10. The van der Waals surface area contributed by atoms with Crippen molar-refractivity contribution in [3.8, 4) is 6.07 Å². The summed E-state index contributed by atoms with van der Waals surface area (Å²) in [7, 11) is 0. The highest BCUT2D eigenvalue weighted by Crippen LogP contribution is 2.25. The van der Waals surface area contributed by atoms with Crippen molar-refractivity contribution in [2.24, 2.45) is 0 Å². The second-order valence-corrected chi connectivity index (χ2v) is 5.13.